The SMILES string of the molecule is BC1CCC(CC2C=C3CCC4C(CC[C@]5(C)[C@@H](/C(=C/C)CPC)CC[C@]45C)[C@@]3(C)CC2)C(C)C1. The maximum atomic E-state index is 2.87. The van der Waals surface area contributed by atoms with Gasteiger partial charge in [0.05, 0.1) is 0 Å². The predicted molar refractivity (Wildman–Crippen MR) is 160 cm³/mol. The quantitative estimate of drug-likeness (QED) is 0.203. The molecule has 4 fully saturated rings. The molecular formula is C33H56BP. The van der Waals surface area contributed by atoms with Crippen LogP contribution in [0.4, 0.5) is 0 Å². The molecular weight excluding hydrogens is 438 g/mol. The number of fused-ring (bicyclic) bond motifs is 5. The monoisotopic (exact) mass is 494 g/mol. The fourth-order valence-corrected chi connectivity index (χ4v) is 11.9. The molecule has 0 bridgehead atoms. The van der Waals surface area contributed by atoms with Gasteiger partial charge in [-0.2, -0.15) is 0 Å². The maximum Gasteiger partial charge on any atom is 0.105 e. The Kier molecular flexibility index (Phi) is 7.54. The summed E-state index contributed by atoms with van der Waals surface area (Å²) in [6.45, 7) is 15.5. The van der Waals surface area contributed by atoms with Gasteiger partial charge in [-0.25, -0.2) is 0 Å². The van der Waals surface area contributed by atoms with E-state index >= 15 is 0 Å². The van der Waals surface area contributed by atoms with Crippen molar-refractivity contribution in [2.24, 2.45) is 51.8 Å². The highest BCUT2D eigenvalue weighted by atomic mass is 31.1. The lowest BCUT2D eigenvalue weighted by molar-refractivity contribution is -0.109. The van der Waals surface area contributed by atoms with Crippen LogP contribution in [-0.4, -0.2) is 20.7 Å². The van der Waals surface area contributed by atoms with Gasteiger partial charge < -0.3 is 0 Å². The van der Waals surface area contributed by atoms with Crippen LogP contribution in [0.1, 0.15) is 112 Å². The van der Waals surface area contributed by atoms with E-state index in [0.29, 0.717) is 16.2 Å². The van der Waals surface area contributed by atoms with Crippen LogP contribution in [0.25, 0.3) is 0 Å². The van der Waals surface area contributed by atoms with Gasteiger partial charge in [0.15, 0.2) is 0 Å². The fraction of sp³-hybridized carbons (Fsp3) is 0.879. The van der Waals surface area contributed by atoms with E-state index in [1.807, 2.05) is 11.1 Å². The molecule has 35 heavy (non-hydrogen) atoms. The summed E-state index contributed by atoms with van der Waals surface area (Å²) in [4.78, 5) is 0. The normalized spacial score (nSPS) is 50.5. The summed E-state index contributed by atoms with van der Waals surface area (Å²) < 4.78 is 0. The highest BCUT2D eigenvalue weighted by Gasteiger charge is 2.64. The lowest BCUT2D eigenvalue weighted by Crippen LogP contribution is -2.55. The lowest BCUT2D eigenvalue weighted by Gasteiger charge is -2.63. The van der Waals surface area contributed by atoms with Crippen LogP contribution in [-0.2, 0) is 0 Å². The Labute approximate surface area is 221 Å². The number of allylic oxidation sites excluding steroid dienone is 4. The second-order valence-corrected chi connectivity index (χ2v) is 16.0. The second-order valence-electron chi connectivity index (χ2n) is 14.9. The van der Waals surface area contributed by atoms with E-state index in [4.69, 9.17) is 0 Å². The molecule has 0 nitrogen and oxygen atoms in total. The zero-order valence-electron chi connectivity index (χ0n) is 24.4. The lowest BCUT2D eigenvalue weighted by atomic mass is 9.41. The molecule has 5 aliphatic rings. The Balaban J connectivity index is 1.34. The molecule has 0 amide bonds. The van der Waals surface area contributed by atoms with Crippen molar-refractivity contribution >= 4 is 16.4 Å². The summed E-state index contributed by atoms with van der Waals surface area (Å²) in [5.41, 5.74) is 5.30. The molecule has 5 rings (SSSR count). The van der Waals surface area contributed by atoms with Gasteiger partial charge >= 0.3 is 0 Å². The molecule has 0 aromatic heterocycles. The highest BCUT2D eigenvalue weighted by Crippen LogP contribution is 2.73. The Morgan fingerprint density at radius 2 is 1.77 bits per heavy atom. The minimum absolute atomic E-state index is 0.503. The van der Waals surface area contributed by atoms with E-state index in [2.05, 4.69) is 61.3 Å². The van der Waals surface area contributed by atoms with Gasteiger partial charge in [0.25, 0.3) is 0 Å². The van der Waals surface area contributed by atoms with Crippen molar-refractivity contribution in [1.29, 1.82) is 0 Å². The van der Waals surface area contributed by atoms with Crippen molar-refractivity contribution in [1.82, 2.24) is 0 Å². The van der Waals surface area contributed by atoms with Crippen LogP contribution in [0.2, 0.25) is 5.82 Å². The Morgan fingerprint density at radius 3 is 2.49 bits per heavy atom. The van der Waals surface area contributed by atoms with Gasteiger partial charge in [0.2, 0.25) is 0 Å². The average molecular weight is 495 g/mol. The van der Waals surface area contributed by atoms with Gasteiger partial charge in [-0.05, 0) is 129 Å². The molecule has 2 heteroatoms. The molecule has 0 aromatic carbocycles. The number of hydrogen-bond donors (Lipinski definition) is 0. The molecule has 0 aliphatic heterocycles. The molecule has 7 unspecified atom stereocenters. The molecule has 11 atom stereocenters. The van der Waals surface area contributed by atoms with E-state index in [-0.39, 0.29) is 0 Å². The van der Waals surface area contributed by atoms with Gasteiger partial charge in [0, 0.05) is 0 Å². The summed E-state index contributed by atoms with van der Waals surface area (Å²) in [5, 5.41) is 0. The number of rotatable bonds is 5. The van der Waals surface area contributed by atoms with Crippen molar-refractivity contribution < 1.29 is 0 Å². The van der Waals surface area contributed by atoms with Gasteiger partial charge in [-0.1, -0.05) is 76.1 Å². The average Bonchev–Trinajstić information content (AvgIpc) is 3.10. The van der Waals surface area contributed by atoms with Gasteiger partial charge in [-0.3, -0.25) is 0 Å². The van der Waals surface area contributed by atoms with Crippen molar-refractivity contribution in [2.45, 2.75) is 117 Å². The molecule has 0 spiro atoms. The van der Waals surface area contributed by atoms with E-state index in [1.54, 1.807) is 0 Å². The van der Waals surface area contributed by atoms with Crippen molar-refractivity contribution in [3.8, 4) is 0 Å². The molecule has 0 heterocycles. The van der Waals surface area contributed by atoms with Crippen LogP contribution in [0.15, 0.2) is 23.3 Å². The van der Waals surface area contributed by atoms with E-state index in [9.17, 15) is 0 Å². The van der Waals surface area contributed by atoms with Gasteiger partial charge in [-0.15, -0.1) is 8.58 Å². The van der Waals surface area contributed by atoms with E-state index in [0.717, 1.165) is 49.9 Å². The summed E-state index contributed by atoms with van der Waals surface area (Å²) in [7, 11) is 3.54. The molecule has 196 valence electrons. The van der Waals surface area contributed by atoms with Crippen LogP contribution >= 0.6 is 8.58 Å². The third kappa shape index (κ3) is 4.29. The first kappa shape index (κ1) is 26.6. The van der Waals surface area contributed by atoms with Crippen LogP contribution in [0.3, 0.4) is 0 Å². The summed E-state index contributed by atoms with van der Waals surface area (Å²) in [6, 6.07) is 0. The summed E-state index contributed by atoms with van der Waals surface area (Å²) in [5.74, 6) is 6.52. The third-order valence-corrected chi connectivity index (χ3v) is 14.2. The van der Waals surface area contributed by atoms with E-state index in [1.165, 1.54) is 83.2 Å². The topological polar surface area (TPSA) is 0 Å². The smallest absolute Gasteiger partial charge is 0.105 e. The zero-order chi connectivity index (χ0) is 25.0. The fourth-order valence-electron chi connectivity index (χ4n) is 11.1. The van der Waals surface area contributed by atoms with Gasteiger partial charge in [0.1, 0.15) is 7.85 Å². The first-order valence-electron chi connectivity index (χ1n) is 15.7. The molecule has 5 aliphatic carbocycles. The maximum absolute atomic E-state index is 2.87. The van der Waals surface area contributed by atoms with Crippen molar-refractivity contribution in [3.63, 3.8) is 0 Å². The van der Waals surface area contributed by atoms with Crippen molar-refractivity contribution in [3.05, 3.63) is 23.3 Å². The van der Waals surface area contributed by atoms with E-state index < -0.39 is 0 Å². The Bertz CT molecular complexity index is 844. The zero-order valence-corrected chi connectivity index (χ0v) is 25.4. The highest BCUT2D eigenvalue weighted by molar-refractivity contribution is 7.37. The first-order chi connectivity index (χ1) is 16.7. The molecule has 0 aromatic rings. The second kappa shape index (κ2) is 9.94. The standard InChI is InChI=1S/C33H56BP/c1-7-24(21-35-6)28-13-16-33(5)30-11-9-26-20-23(19-25-8-10-27(34)18-22(25)2)12-15-31(26,3)29(30)14-17-32(28,33)4/h7,20,22-23,25,27-30,35H,8-19,21,34H2,1-6H3/b24-7+/t22?,23?,25?,27?,28-,29?,30?,31+,32-,33-/m1/s1. The van der Waals surface area contributed by atoms with Crippen LogP contribution in [0, 0.1) is 51.8 Å². The summed E-state index contributed by atoms with van der Waals surface area (Å²) >= 11 is 0. The van der Waals surface area contributed by atoms with Crippen molar-refractivity contribution in [2.75, 3.05) is 12.8 Å². The summed E-state index contributed by atoms with van der Waals surface area (Å²) in [6.07, 6.45) is 24.4. The minimum atomic E-state index is 0.503. The minimum Gasteiger partial charge on any atom is -0.121 e. The van der Waals surface area contributed by atoms with Crippen LogP contribution in [0.5, 0.6) is 0 Å². The predicted octanol–water partition coefficient (Wildman–Crippen LogP) is 9.07. The largest absolute Gasteiger partial charge is 0.121 e. The van der Waals surface area contributed by atoms with Crippen LogP contribution < -0.4 is 0 Å². The molecule has 0 radical (unpaired) electrons. The molecule has 0 N–H and O–H groups in total. The Morgan fingerprint density at radius 1 is 1.00 bits per heavy atom. The number of hydrogen-bond acceptors (Lipinski definition) is 0. The molecule has 4 saturated carbocycles. The molecule has 0 saturated heterocycles. The third-order valence-electron chi connectivity index (χ3n) is 13.5. The first-order valence-corrected chi connectivity index (χ1v) is 17.4. The Hall–Kier alpha value is -0.0251.